The fourth-order valence-electron chi connectivity index (χ4n) is 2.81. The van der Waals surface area contributed by atoms with Gasteiger partial charge in [0.25, 0.3) is 5.91 Å². The highest BCUT2D eigenvalue weighted by atomic mass is 79.9. The van der Waals surface area contributed by atoms with Crippen molar-refractivity contribution in [3.63, 3.8) is 0 Å². The highest BCUT2D eigenvalue weighted by molar-refractivity contribution is 9.10. The Kier molecular flexibility index (Phi) is 3.78. The van der Waals surface area contributed by atoms with E-state index in [1.54, 1.807) is 6.20 Å². The highest BCUT2D eigenvalue weighted by Crippen LogP contribution is 2.28. The van der Waals surface area contributed by atoms with Crippen molar-refractivity contribution >= 4 is 44.3 Å². The molecule has 1 aliphatic heterocycles. The SMILES string of the molecule is O=C1NCCC(=NNc2ccccn2)c2c1[nH]c1ccc(Br)cc21. The number of nitrogens with zero attached hydrogens (tertiary/aromatic N) is 2. The third-order valence-electron chi connectivity index (χ3n) is 3.89. The molecule has 0 fully saturated rings. The molecule has 120 valence electrons. The number of hydrogen-bond acceptors (Lipinski definition) is 4. The van der Waals surface area contributed by atoms with Crippen molar-refractivity contribution in [3.8, 4) is 0 Å². The van der Waals surface area contributed by atoms with Crippen molar-refractivity contribution in [1.29, 1.82) is 0 Å². The number of rotatable bonds is 2. The number of hydrogen-bond donors (Lipinski definition) is 3. The van der Waals surface area contributed by atoms with Crippen LogP contribution >= 0.6 is 15.9 Å². The number of pyridine rings is 1. The summed E-state index contributed by atoms with van der Waals surface area (Å²) in [5.74, 6) is 0.552. The zero-order valence-corrected chi connectivity index (χ0v) is 14.2. The predicted octanol–water partition coefficient (Wildman–Crippen LogP) is 3.28. The fraction of sp³-hybridized carbons (Fsp3) is 0.118. The van der Waals surface area contributed by atoms with Crippen LogP contribution in [0.5, 0.6) is 0 Å². The number of amides is 1. The number of fused-ring (bicyclic) bond motifs is 3. The molecule has 2 aromatic heterocycles. The van der Waals surface area contributed by atoms with E-state index in [2.05, 4.69) is 41.7 Å². The van der Waals surface area contributed by atoms with Gasteiger partial charge in [0.15, 0.2) is 0 Å². The Morgan fingerprint density at radius 2 is 2.17 bits per heavy atom. The van der Waals surface area contributed by atoms with E-state index in [9.17, 15) is 4.79 Å². The lowest BCUT2D eigenvalue weighted by Gasteiger charge is -2.05. The van der Waals surface area contributed by atoms with E-state index in [4.69, 9.17) is 0 Å². The number of aromatic nitrogens is 2. The van der Waals surface area contributed by atoms with Gasteiger partial charge in [-0.25, -0.2) is 4.98 Å². The Labute approximate surface area is 146 Å². The van der Waals surface area contributed by atoms with Crippen LogP contribution in [0.1, 0.15) is 22.5 Å². The minimum absolute atomic E-state index is 0.111. The van der Waals surface area contributed by atoms with Crippen molar-refractivity contribution in [2.75, 3.05) is 12.0 Å². The summed E-state index contributed by atoms with van der Waals surface area (Å²) in [5.41, 5.74) is 6.09. The first-order valence-electron chi connectivity index (χ1n) is 7.56. The van der Waals surface area contributed by atoms with Crippen LogP contribution in [0.3, 0.4) is 0 Å². The molecule has 7 heteroatoms. The average Bonchev–Trinajstić information content (AvgIpc) is 2.89. The summed E-state index contributed by atoms with van der Waals surface area (Å²) >= 11 is 3.50. The van der Waals surface area contributed by atoms with E-state index in [-0.39, 0.29) is 5.91 Å². The maximum atomic E-state index is 12.3. The molecular weight excluding hydrogens is 370 g/mol. The molecule has 1 aliphatic rings. The molecule has 3 N–H and O–H groups in total. The van der Waals surface area contributed by atoms with Gasteiger partial charge in [0.2, 0.25) is 0 Å². The Morgan fingerprint density at radius 1 is 1.25 bits per heavy atom. The van der Waals surface area contributed by atoms with Gasteiger partial charge in [-0.05, 0) is 30.3 Å². The number of anilines is 1. The van der Waals surface area contributed by atoms with Gasteiger partial charge < -0.3 is 10.3 Å². The number of benzene rings is 1. The smallest absolute Gasteiger partial charge is 0.268 e. The second-order valence-electron chi connectivity index (χ2n) is 5.46. The summed E-state index contributed by atoms with van der Waals surface area (Å²) in [6.07, 6.45) is 2.34. The summed E-state index contributed by atoms with van der Waals surface area (Å²) in [5, 5.41) is 8.39. The summed E-state index contributed by atoms with van der Waals surface area (Å²) < 4.78 is 0.957. The normalized spacial score (nSPS) is 15.9. The monoisotopic (exact) mass is 383 g/mol. The summed E-state index contributed by atoms with van der Waals surface area (Å²) in [7, 11) is 0. The number of aromatic amines is 1. The Balaban J connectivity index is 1.84. The van der Waals surface area contributed by atoms with Crippen molar-refractivity contribution < 1.29 is 4.79 Å². The van der Waals surface area contributed by atoms with Crippen LogP contribution in [0, 0.1) is 0 Å². The first-order chi connectivity index (χ1) is 11.7. The molecule has 1 amide bonds. The minimum atomic E-state index is -0.111. The molecule has 0 spiro atoms. The second kappa shape index (κ2) is 6.09. The highest BCUT2D eigenvalue weighted by Gasteiger charge is 2.25. The van der Waals surface area contributed by atoms with Crippen molar-refractivity contribution in [2.45, 2.75) is 6.42 Å². The number of halogens is 1. The van der Waals surface area contributed by atoms with Gasteiger partial charge in [-0.15, -0.1) is 0 Å². The zero-order chi connectivity index (χ0) is 16.5. The minimum Gasteiger partial charge on any atom is -0.350 e. The van der Waals surface area contributed by atoms with Crippen LogP contribution in [0.15, 0.2) is 52.2 Å². The average molecular weight is 384 g/mol. The largest absolute Gasteiger partial charge is 0.350 e. The number of H-pyrrole nitrogens is 1. The molecule has 0 saturated heterocycles. The van der Waals surface area contributed by atoms with Gasteiger partial charge in [-0.1, -0.05) is 22.0 Å². The van der Waals surface area contributed by atoms with Gasteiger partial charge in [0.1, 0.15) is 11.5 Å². The number of nitrogens with one attached hydrogen (secondary N) is 3. The second-order valence-corrected chi connectivity index (χ2v) is 6.37. The van der Waals surface area contributed by atoms with Crippen molar-refractivity contribution in [3.05, 3.63) is 58.3 Å². The number of carbonyl (C=O) groups is 1. The molecule has 0 radical (unpaired) electrons. The van der Waals surface area contributed by atoms with Crippen molar-refractivity contribution in [1.82, 2.24) is 15.3 Å². The van der Waals surface area contributed by atoms with E-state index in [0.717, 1.165) is 26.7 Å². The number of hydrazone groups is 1. The lowest BCUT2D eigenvalue weighted by Crippen LogP contribution is -2.23. The molecule has 24 heavy (non-hydrogen) atoms. The molecule has 0 aliphatic carbocycles. The van der Waals surface area contributed by atoms with Gasteiger partial charge in [0.05, 0.1) is 5.71 Å². The maximum Gasteiger partial charge on any atom is 0.268 e. The standard InChI is InChI=1S/C17H14BrN5O/c18-10-4-5-12-11(9-10)15-13(6-8-20-17(24)16(15)21-12)22-23-14-3-1-2-7-19-14/h1-5,7,9,21H,6,8H2,(H,19,23)(H,20,24). The van der Waals surface area contributed by atoms with Gasteiger partial charge in [-0.2, -0.15) is 5.10 Å². The predicted molar refractivity (Wildman–Crippen MR) is 97.3 cm³/mol. The van der Waals surface area contributed by atoms with Gasteiger partial charge in [-0.3, -0.25) is 10.2 Å². The summed E-state index contributed by atoms with van der Waals surface area (Å²) in [4.78, 5) is 19.7. The third kappa shape index (κ3) is 2.67. The molecule has 0 bridgehead atoms. The lowest BCUT2D eigenvalue weighted by molar-refractivity contribution is 0.0952. The van der Waals surface area contributed by atoms with E-state index in [1.807, 2.05) is 36.4 Å². The summed E-state index contributed by atoms with van der Waals surface area (Å²) in [6, 6.07) is 11.5. The Morgan fingerprint density at radius 3 is 3.00 bits per heavy atom. The Hall–Kier alpha value is -2.67. The van der Waals surface area contributed by atoms with Gasteiger partial charge >= 0.3 is 0 Å². The van der Waals surface area contributed by atoms with E-state index in [0.29, 0.717) is 24.5 Å². The quantitative estimate of drug-likeness (QED) is 0.593. The van der Waals surface area contributed by atoms with Crippen LogP contribution in [-0.4, -0.2) is 28.1 Å². The topological polar surface area (TPSA) is 82.2 Å². The van der Waals surface area contributed by atoms with E-state index in [1.165, 1.54) is 0 Å². The molecule has 1 aromatic carbocycles. The molecular formula is C17H14BrN5O. The number of carbonyl (C=O) groups excluding carboxylic acids is 1. The van der Waals surface area contributed by atoms with Crippen LogP contribution in [-0.2, 0) is 0 Å². The summed E-state index contributed by atoms with van der Waals surface area (Å²) in [6.45, 7) is 0.541. The first kappa shape index (κ1) is 14.9. The molecule has 3 heterocycles. The maximum absolute atomic E-state index is 12.3. The van der Waals surface area contributed by atoms with Crippen molar-refractivity contribution in [2.24, 2.45) is 5.10 Å². The van der Waals surface area contributed by atoms with E-state index < -0.39 is 0 Å². The third-order valence-corrected chi connectivity index (χ3v) is 4.39. The molecule has 0 atom stereocenters. The zero-order valence-electron chi connectivity index (χ0n) is 12.6. The van der Waals surface area contributed by atoms with Crippen LogP contribution in [0.25, 0.3) is 10.9 Å². The molecule has 0 saturated carbocycles. The molecule has 3 aromatic rings. The molecule has 6 nitrogen and oxygen atoms in total. The fourth-order valence-corrected chi connectivity index (χ4v) is 3.17. The van der Waals surface area contributed by atoms with Gasteiger partial charge in [0, 0.05) is 40.1 Å². The molecule has 4 rings (SSSR count). The van der Waals surface area contributed by atoms with Crippen LogP contribution in [0.4, 0.5) is 5.82 Å². The Bertz CT molecular complexity index is 948. The van der Waals surface area contributed by atoms with E-state index >= 15 is 0 Å². The first-order valence-corrected chi connectivity index (χ1v) is 8.35. The van der Waals surface area contributed by atoms with Crippen LogP contribution in [0.2, 0.25) is 0 Å². The van der Waals surface area contributed by atoms with Crippen LogP contribution < -0.4 is 10.7 Å². The lowest BCUT2D eigenvalue weighted by atomic mass is 10.0. The molecule has 0 unspecified atom stereocenters.